The Hall–Kier alpha value is -1.69. The summed E-state index contributed by atoms with van der Waals surface area (Å²) in [4.78, 5) is 18.1. The first-order valence-corrected chi connectivity index (χ1v) is 5.29. The average Bonchev–Trinajstić information content (AvgIpc) is 2.71. The van der Waals surface area contributed by atoms with Crippen LogP contribution in [0.3, 0.4) is 0 Å². The van der Waals surface area contributed by atoms with E-state index in [1.54, 1.807) is 10.5 Å². The maximum atomic E-state index is 13.3. The summed E-state index contributed by atoms with van der Waals surface area (Å²) < 4.78 is 15.3. The number of rotatable bonds is 0. The molecule has 0 aliphatic heterocycles. The predicted molar refractivity (Wildman–Crippen MR) is 61.0 cm³/mol. The molecule has 0 atom stereocenters. The standard InChI is InChI=1S/C10H5BrFN3O/c11-5-1-8-7(2-6(5)12)14-10(16)9-3-13-4-15(8)9/h1-4H,(H,14,16). The lowest BCUT2D eigenvalue weighted by Gasteiger charge is -2.03. The van der Waals surface area contributed by atoms with E-state index in [1.807, 2.05) is 0 Å². The number of hydrogen-bond donors (Lipinski definition) is 1. The summed E-state index contributed by atoms with van der Waals surface area (Å²) in [6.07, 6.45) is 2.99. The molecule has 3 aromatic rings. The van der Waals surface area contributed by atoms with Gasteiger partial charge in [-0.2, -0.15) is 0 Å². The Bertz CT molecular complexity index is 762. The molecule has 1 N–H and O–H groups in total. The van der Waals surface area contributed by atoms with Crippen LogP contribution in [-0.2, 0) is 0 Å². The third kappa shape index (κ3) is 1.19. The van der Waals surface area contributed by atoms with Crippen LogP contribution >= 0.6 is 15.9 Å². The normalized spacial score (nSPS) is 11.4. The summed E-state index contributed by atoms with van der Waals surface area (Å²) in [6, 6.07) is 2.88. The second kappa shape index (κ2) is 3.15. The average molecular weight is 282 g/mol. The van der Waals surface area contributed by atoms with Gasteiger partial charge in [-0.15, -0.1) is 0 Å². The van der Waals surface area contributed by atoms with Crippen LogP contribution in [0.2, 0.25) is 0 Å². The highest BCUT2D eigenvalue weighted by Gasteiger charge is 2.08. The van der Waals surface area contributed by atoms with Crippen LogP contribution < -0.4 is 5.56 Å². The number of aromatic nitrogens is 3. The fraction of sp³-hybridized carbons (Fsp3) is 0. The van der Waals surface area contributed by atoms with Crippen molar-refractivity contribution in [2.75, 3.05) is 0 Å². The summed E-state index contributed by atoms with van der Waals surface area (Å²) in [5, 5.41) is 0. The third-order valence-electron chi connectivity index (χ3n) is 2.42. The fourth-order valence-corrected chi connectivity index (χ4v) is 2.01. The van der Waals surface area contributed by atoms with Crippen LogP contribution in [0.1, 0.15) is 0 Å². The molecule has 4 nitrogen and oxygen atoms in total. The van der Waals surface area contributed by atoms with Crippen molar-refractivity contribution >= 4 is 32.5 Å². The number of nitrogens with zero attached hydrogens (tertiary/aromatic N) is 2. The van der Waals surface area contributed by atoms with E-state index in [9.17, 15) is 9.18 Å². The van der Waals surface area contributed by atoms with Crippen LogP contribution in [-0.4, -0.2) is 14.4 Å². The molecule has 3 rings (SSSR count). The van der Waals surface area contributed by atoms with Crippen molar-refractivity contribution < 1.29 is 4.39 Å². The first-order chi connectivity index (χ1) is 7.66. The lowest BCUT2D eigenvalue weighted by atomic mass is 10.3. The smallest absolute Gasteiger partial charge is 0.274 e. The van der Waals surface area contributed by atoms with Crippen LogP contribution in [0.15, 0.2) is 33.9 Å². The Morgan fingerprint density at radius 1 is 1.38 bits per heavy atom. The number of nitrogens with one attached hydrogen (secondary N) is 1. The summed E-state index contributed by atoms with van der Waals surface area (Å²) in [6.45, 7) is 0. The molecule has 0 saturated heterocycles. The number of imidazole rings is 1. The zero-order valence-corrected chi connectivity index (χ0v) is 9.45. The van der Waals surface area contributed by atoms with Gasteiger partial charge in [0, 0.05) is 6.07 Å². The van der Waals surface area contributed by atoms with Gasteiger partial charge in [0.05, 0.1) is 28.0 Å². The molecule has 0 amide bonds. The maximum absolute atomic E-state index is 13.3. The van der Waals surface area contributed by atoms with Crippen LogP contribution in [0.5, 0.6) is 0 Å². The van der Waals surface area contributed by atoms with Gasteiger partial charge in [-0.1, -0.05) is 0 Å². The van der Waals surface area contributed by atoms with Gasteiger partial charge < -0.3 is 4.98 Å². The zero-order chi connectivity index (χ0) is 11.3. The number of halogens is 2. The van der Waals surface area contributed by atoms with Gasteiger partial charge in [0.15, 0.2) is 0 Å². The molecular weight excluding hydrogens is 277 g/mol. The van der Waals surface area contributed by atoms with E-state index in [1.165, 1.54) is 18.6 Å². The van der Waals surface area contributed by atoms with E-state index < -0.39 is 5.82 Å². The Balaban J connectivity index is 2.64. The third-order valence-corrected chi connectivity index (χ3v) is 3.03. The quantitative estimate of drug-likeness (QED) is 0.686. The first kappa shape index (κ1) is 9.53. The minimum atomic E-state index is -0.414. The van der Waals surface area contributed by atoms with Gasteiger partial charge in [0.2, 0.25) is 0 Å². The first-order valence-electron chi connectivity index (χ1n) is 4.50. The van der Waals surface area contributed by atoms with Crippen molar-refractivity contribution in [2.24, 2.45) is 0 Å². The molecule has 0 bridgehead atoms. The minimum absolute atomic E-state index is 0.285. The Morgan fingerprint density at radius 2 is 2.19 bits per heavy atom. The minimum Gasteiger partial charge on any atom is -0.319 e. The van der Waals surface area contributed by atoms with Gasteiger partial charge in [-0.3, -0.25) is 9.20 Å². The van der Waals surface area contributed by atoms with Crippen molar-refractivity contribution in [3.8, 4) is 0 Å². The number of fused-ring (bicyclic) bond motifs is 3. The van der Waals surface area contributed by atoms with Gasteiger partial charge >= 0.3 is 0 Å². The highest BCUT2D eigenvalue weighted by Crippen LogP contribution is 2.21. The molecule has 16 heavy (non-hydrogen) atoms. The predicted octanol–water partition coefficient (Wildman–Crippen LogP) is 2.08. The lowest BCUT2D eigenvalue weighted by Crippen LogP contribution is -2.09. The van der Waals surface area contributed by atoms with Crippen LogP contribution in [0, 0.1) is 5.82 Å². The second-order valence-electron chi connectivity index (χ2n) is 3.39. The SMILES string of the molecule is O=c1[nH]c2cc(F)c(Br)cc2n2cncc12. The van der Waals surface area contributed by atoms with Crippen molar-refractivity contribution in [1.29, 1.82) is 0 Å². The molecule has 6 heteroatoms. The van der Waals surface area contributed by atoms with E-state index in [2.05, 4.69) is 25.9 Å². The highest BCUT2D eigenvalue weighted by atomic mass is 79.9. The van der Waals surface area contributed by atoms with Crippen molar-refractivity contribution in [3.63, 3.8) is 0 Å². The Morgan fingerprint density at radius 3 is 3.00 bits per heavy atom. The van der Waals surface area contributed by atoms with Crippen molar-refractivity contribution in [2.45, 2.75) is 0 Å². The van der Waals surface area contributed by atoms with Gasteiger partial charge in [-0.05, 0) is 22.0 Å². The fourth-order valence-electron chi connectivity index (χ4n) is 1.68. The maximum Gasteiger partial charge on any atom is 0.274 e. The van der Waals surface area contributed by atoms with E-state index >= 15 is 0 Å². The molecule has 0 spiro atoms. The van der Waals surface area contributed by atoms with E-state index in [0.717, 1.165) is 0 Å². The van der Waals surface area contributed by atoms with E-state index in [4.69, 9.17) is 0 Å². The highest BCUT2D eigenvalue weighted by molar-refractivity contribution is 9.10. The molecule has 0 radical (unpaired) electrons. The van der Waals surface area contributed by atoms with E-state index in [-0.39, 0.29) is 5.56 Å². The molecule has 2 heterocycles. The Kier molecular flexibility index (Phi) is 1.88. The molecular formula is C10H5BrFN3O. The number of benzene rings is 1. The monoisotopic (exact) mass is 281 g/mol. The van der Waals surface area contributed by atoms with Crippen LogP contribution in [0.25, 0.3) is 16.6 Å². The molecule has 2 aromatic heterocycles. The molecule has 0 aliphatic carbocycles. The topological polar surface area (TPSA) is 50.2 Å². The number of aromatic amines is 1. The summed E-state index contributed by atoms with van der Waals surface area (Å²) in [7, 11) is 0. The number of hydrogen-bond acceptors (Lipinski definition) is 2. The van der Waals surface area contributed by atoms with Gasteiger partial charge in [-0.25, -0.2) is 9.37 Å². The van der Waals surface area contributed by atoms with Gasteiger partial charge in [0.1, 0.15) is 11.3 Å². The molecule has 1 aromatic carbocycles. The van der Waals surface area contributed by atoms with Crippen molar-refractivity contribution in [1.82, 2.24) is 14.4 Å². The molecule has 80 valence electrons. The molecule has 0 saturated carbocycles. The molecule has 0 unspecified atom stereocenters. The molecule has 0 aliphatic rings. The summed E-state index contributed by atoms with van der Waals surface area (Å²) >= 11 is 3.11. The van der Waals surface area contributed by atoms with Crippen LogP contribution in [0.4, 0.5) is 4.39 Å². The summed E-state index contributed by atoms with van der Waals surface area (Å²) in [5.41, 5.74) is 1.29. The lowest BCUT2D eigenvalue weighted by molar-refractivity contribution is 0.622. The molecule has 0 fully saturated rings. The van der Waals surface area contributed by atoms with E-state index in [0.29, 0.717) is 21.0 Å². The Labute approximate surface area is 96.9 Å². The van der Waals surface area contributed by atoms with Gasteiger partial charge in [0.25, 0.3) is 5.56 Å². The zero-order valence-electron chi connectivity index (χ0n) is 7.87. The van der Waals surface area contributed by atoms with Crippen molar-refractivity contribution in [3.05, 3.63) is 45.3 Å². The second-order valence-corrected chi connectivity index (χ2v) is 4.24. The largest absolute Gasteiger partial charge is 0.319 e. The number of H-pyrrole nitrogens is 1. The summed E-state index contributed by atoms with van der Waals surface area (Å²) in [5.74, 6) is -0.414.